The first-order valence-corrected chi connectivity index (χ1v) is 8.87. The van der Waals surface area contributed by atoms with Crippen molar-refractivity contribution in [1.29, 1.82) is 0 Å². The standard InChI is InChI=1S/C19H18ClN5O/c1-2-15(16-11-25-8-4-7-21-19(25)24-16)22-10-12-9-17(26)13-5-3-6-14(20)18(13)23-12/h3-9,11,15,22H,2,10H2,1H3,(H,23,26)/t15-/m0/s1. The topological polar surface area (TPSA) is 75.1 Å². The third-order valence-corrected chi connectivity index (χ3v) is 4.74. The van der Waals surface area contributed by atoms with Crippen molar-refractivity contribution in [3.05, 3.63) is 75.6 Å². The van der Waals surface area contributed by atoms with Crippen molar-refractivity contribution in [2.45, 2.75) is 25.9 Å². The van der Waals surface area contributed by atoms with Crippen molar-refractivity contribution in [2.24, 2.45) is 0 Å². The number of para-hydroxylation sites is 1. The molecular weight excluding hydrogens is 350 g/mol. The Morgan fingerprint density at radius 2 is 2.23 bits per heavy atom. The molecule has 0 spiro atoms. The minimum absolute atomic E-state index is 0.0389. The fraction of sp³-hybridized carbons (Fsp3) is 0.211. The van der Waals surface area contributed by atoms with Crippen molar-refractivity contribution < 1.29 is 0 Å². The van der Waals surface area contributed by atoms with Crippen LogP contribution in [0.4, 0.5) is 0 Å². The summed E-state index contributed by atoms with van der Waals surface area (Å²) >= 11 is 6.22. The van der Waals surface area contributed by atoms with Gasteiger partial charge in [-0.2, -0.15) is 0 Å². The first-order chi connectivity index (χ1) is 12.7. The fourth-order valence-electron chi connectivity index (χ4n) is 3.09. The Morgan fingerprint density at radius 3 is 3.04 bits per heavy atom. The summed E-state index contributed by atoms with van der Waals surface area (Å²) in [6, 6.07) is 8.87. The maximum Gasteiger partial charge on any atom is 0.233 e. The van der Waals surface area contributed by atoms with Crippen LogP contribution in [0.15, 0.2) is 53.7 Å². The van der Waals surface area contributed by atoms with Gasteiger partial charge in [0.05, 0.1) is 22.3 Å². The van der Waals surface area contributed by atoms with Gasteiger partial charge in [-0.15, -0.1) is 0 Å². The van der Waals surface area contributed by atoms with E-state index < -0.39 is 0 Å². The normalized spacial score (nSPS) is 12.7. The lowest BCUT2D eigenvalue weighted by Crippen LogP contribution is -2.22. The first kappa shape index (κ1) is 16.8. The lowest BCUT2D eigenvalue weighted by Gasteiger charge is -2.15. The Morgan fingerprint density at radius 1 is 1.35 bits per heavy atom. The maximum absolute atomic E-state index is 12.3. The van der Waals surface area contributed by atoms with Crippen LogP contribution in [0.25, 0.3) is 16.7 Å². The molecular formula is C19H18ClN5O. The molecule has 0 saturated carbocycles. The summed E-state index contributed by atoms with van der Waals surface area (Å²) in [6.45, 7) is 2.60. The minimum atomic E-state index is -0.0389. The van der Waals surface area contributed by atoms with Gasteiger partial charge < -0.3 is 10.3 Å². The third kappa shape index (κ3) is 3.09. The summed E-state index contributed by atoms with van der Waals surface area (Å²) in [5.74, 6) is 0.675. The van der Waals surface area contributed by atoms with Crippen molar-refractivity contribution in [1.82, 2.24) is 24.7 Å². The molecule has 3 heterocycles. The van der Waals surface area contributed by atoms with Gasteiger partial charge in [0.1, 0.15) is 0 Å². The number of nitrogens with one attached hydrogen (secondary N) is 2. The molecule has 7 heteroatoms. The number of aromatic nitrogens is 4. The molecule has 132 valence electrons. The van der Waals surface area contributed by atoms with E-state index in [1.54, 1.807) is 30.5 Å². The maximum atomic E-state index is 12.3. The van der Waals surface area contributed by atoms with E-state index in [9.17, 15) is 4.79 Å². The fourth-order valence-corrected chi connectivity index (χ4v) is 3.31. The number of hydrogen-bond acceptors (Lipinski definition) is 4. The molecule has 4 aromatic rings. The summed E-state index contributed by atoms with van der Waals surface area (Å²) < 4.78 is 1.90. The molecule has 0 amide bonds. The van der Waals surface area contributed by atoms with Crippen LogP contribution in [0.1, 0.15) is 30.8 Å². The Hall–Kier alpha value is -2.70. The molecule has 0 fully saturated rings. The van der Waals surface area contributed by atoms with Gasteiger partial charge in [0.25, 0.3) is 0 Å². The second kappa shape index (κ2) is 6.90. The zero-order valence-corrected chi connectivity index (χ0v) is 15.0. The molecule has 0 radical (unpaired) electrons. The number of nitrogens with zero attached hydrogens (tertiary/aromatic N) is 3. The molecule has 1 atom stereocenters. The summed E-state index contributed by atoms with van der Waals surface area (Å²) in [6.07, 6.45) is 6.49. The Balaban J connectivity index is 1.60. The van der Waals surface area contributed by atoms with E-state index in [2.05, 4.69) is 27.2 Å². The number of pyridine rings is 1. The number of hydrogen-bond donors (Lipinski definition) is 2. The van der Waals surface area contributed by atoms with Crippen LogP contribution in [0.3, 0.4) is 0 Å². The predicted octanol–water partition coefficient (Wildman–Crippen LogP) is 3.47. The molecule has 0 unspecified atom stereocenters. The number of aromatic amines is 1. The van der Waals surface area contributed by atoms with Crippen LogP contribution in [0, 0.1) is 0 Å². The molecule has 6 nitrogen and oxygen atoms in total. The summed E-state index contributed by atoms with van der Waals surface area (Å²) in [7, 11) is 0. The smallest absolute Gasteiger partial charge is 0.233 e. The average Bonchev–Trinajstić information content (AvgIpc) is 3.07. The molecule has 3 aromatic heterocycles. The van der Waals surface area contributed by atoms with Crippen molar-refractivity contribution >= 4 is 28.3 Å². The summed E-state index contributed by atoms with van der Waals surface area (Å²) in [5, 5.41) is 4.60. The van der Waals surface area contributed by atoms with Gasteiger partial charge >= 0.3 is 0 Å². The zero-order valence-electron chi connectivity index (χ0n) is 14.2. The van der Waals surface area contributed by atoms with E-state index in [1.165, 1.54) is 0 Å². The van der Waals surface area contributed by atoms with Gasteiger partial charge in [0.2, 0.25) is 5.78 Å². The van der Waals surface area contributed by atoms with Gasteiger partial charge in [0.15, 0.2) is 5.43 Å². The molecule has 0 aliphatic heterocycles. The highest BCUT2D eigenvalue weighted by Crippen LogP contribution is 2.20. The number of halogens is 1. The highest BCUT2D eigenvalue weighted by atomic mass is 35.5. The minimum Gasteiger partial charge on any atom is -0.356 e. The van der Waals surface area contributed by atoms with Crippen molar-refractivity contribution in [3.63, 3.8) is 0 Å². The Labute approximate surface area is 154 Å². The molecule has 0 bridgehead atoms. The molecule has 26 heavy (non-hydrogen) atoms. The molecule has 0 aliphatic carbocycles. The third-order valence-electron chi connectivity index (χ3n) is 4.43. The van der Waals surface area contributed by atoms with Crippen LogP contribution in [-0.2, 0) is 6.54 Å². The zero-order chi connectivity index (χ0) is 18.1. The molecule has 1 aromatic carbocycles. The number of H-pyrrole nitrogens is 1. The molecule has 2 N–H and O–H groups in total. The van der Waals surface area contributed by atoms with Crippen LogP contribution < -0.4 is 10.7 Å². The van der Waals surface area contributed by atoms with E-state index in [0.717, 1.165) is 17.8 Å². The van der Waals surface area contributed by atoms with Crippen LogP contribution >= 0.6 is 11.6 Å². The second-order valence-corrected chi connectivity index (χ2v) is 6.56. The van der Waals surface area contributed by atoms with E-state index in [1.807, 2.05) is 22.9 Å². The van der Waals surface area contributed by atoms with Crippen LogP contribution in [0.5, 0.6) is 0 Å². The van der Waals surface area contributed by atoms with Crippen LogP contribution in [0.2, 0.25) is 5.02 Å². The van der Waals surface area contributed by atoms with Crippen molar-refractivity contribution in [2.75, 3.05) is 0 Å². The van der Waals surface area contributed by atoms with Gasteiger partial charge in [-0.25, -0.2) is 9.97 Å². The van der Waals surface area contributed by atoms with E-state index in [-0.39, 0.29) is 11.5 Å². The average molecular weight is 368 g/mol. The Bertz CT molecular complexity index is 1100. The molecule has 4 rings (SSSR count). The van der Waals surface area contributed by atoms with Gasteiger partial charge in [-0.3, -0.25) is 9.20 Å². The van der Waals surface area contributed by atoms with Crippen LogP contribution in [-0.4, -0.2) is 19.4 Å². The lowest BCUT2D eigenvalue weighted by molar-refractivity contribution is 0.505. The lowest BCUT2D eigenvalue weighted by atomic mass is 10.1. The highest BCUT2D eigenvalue weighted by Gasteiger charge is 2.14. The number of benzene rings is 1. The van der Waals surface area contributed by atoms with Gasteiger partial charge in [-0.1, -0.05) is 24.6 Å². The highest BCUT2D eigenvalue weighted by molar-refractivity contribution is 6.35. The SMILES string of the molecule is CC[C@H](NCc1cc(=O)c2cccc(Cl)c2[nH]1)c1cn2cccnc2n1. The quantitative estimate of drug-likeness (QED) is 0.566. The van der Waals surface area contributed by atoms with E-state index in [0.29, 0.717) is 28.2 Å². The van der Waals surface area contributed by atoms with Crippen molar-refractivity contribution in [3.8, 4) is 0 Å². The van der Waals surface area contributed by atoms with Gasteiger partial charge in [0, 0.05) is 42.3 Å². The monoisotopic (exact) mass is 367 g/mol. The Kier molecular flexibility index (Phi) is 4.44. The van der Waals surface area contributed by atoms with E-state index >= 15 is 0 Å². The second-order valence-electron chi connectivity index (χ2n) is 6.16. The molecule has 0 aliphatic rings. The predicted molar refractivity (Wildman–Crippen MR) is 102 cm³/mol. The number of rotatable bonds is 5. The number of imidazole rings is 1. The van der Waals surface area contributed by atoms with E-state index in [4.69, 9.17) is 11.6 Å². The largest absolute Gasteiger partial charge is 0.356 e. The van der Waals surface area contributed by atoms with Gasteiger partial charge in [-0.05, 0) is 24.6 Å². The molecule has 0 saturated heterocycles. The summed E-state index contributed by atoms with van der Waals surface area (Å²) in [4.78, 5) is 24.4. The first-order valence-electron chi connectivity index (χ1n) is 8.49. The summed E-state index contributed by atoms with van der Waals surface area (Å²) in [5.41, 5.74) is 2.34. The number of fused-ring (bicyclic) bond motifs is 2.